The smallest absolute Gasteiger partial charge is 0.166 e. The van der Waals surface area contributed by atoms with Gasteiger partial charge in [0.15, 0.2) is 0 Å². The first kappa shape index (κ1) is 11.5. The Morgan fingerprint density at radius 3 is 2.31 bits per heavy atom. The van der Waals surface area contributed by atoms with Crippen molar-refractivity contribution >= 4 is 26.7 Å². The van der Waals surface area contributed by atoms with E-state index in [1.165, 1.54) is 12.1 Å². The molecule has 0 aromatic heterocycles. The molecule has 84 valence electrons. The summed E-state index contributed by atoms with van der Waals surface area (Å²) in [5.74, 6) is 0. The molecule has 0 atom stereocenters. The number of halogens is 4. The van der Waals surface area contributed by atoms with Gasteiger partial charge in [-0.15, -0.1) is 0 Å². The van der Waals surface area contributed by atoms with Crippen molar-refractivity contribution in [2.45, 2.75) is 11.5 Å². The number of benzene rings is 2. The van der Waals surface area contributed by atoms with E-state index in [-0.39, 0.29) is 16.3 Å². The van der Waals surface area contributed by atoms with E-state index in [0.29, 0.717) is 5.39 Å². The molecule has 2 rings (SSSR count). The molecule has 16 heavy (non-hydrogen) atoms. The first-order valence-corrected chi connectivity index (χ1v) is 5.80. The maximum absolute atomic E-state index is 12.9. The highest BCUT2D eigenvalue weighted by molar-refractivity contribution is 9.08. The van der Waals surface area contributed by atoms with Crippen LogP contribution in [0.4, 0.5) is 13.2 Å². The predicted molar refractivity (Wildman–Crippen MR) is 61.6 cm³/mol. The molecular formula is C12H8BrF3. The van der Waals surface area contributed by atoms with Crippen molar-refractivity contribution in [3.05, 3.63) is 47.5 Å². The summed E-state index contributed by atoms with van der Waals surface area (Å²) in [5.41, 5.74) is -0.270. The fraction of sp³-hybridized carbons (Fsp3) is 0.167. The Hall–Kier alpha value is -1.03. The van der Waals surface area contributed by atoms with Crippen LogP contribution < -0.4 is 0 Å². The van der Waals surface area contributed by atoms with Crippen molar-refractivity contribution in [1.82, 2.24) is 0 Å². The minimum Gasteiger partial charge on any atom is -0.166 e. The lowest BCUT2D eigenvalue weighted by Crippen LogP contribution is -2.09. The third-order valence-corrected chi connectivity index (χ3v) is 3.05. The SMILES string of the molecule is FC(F)(F)c1c(CBr)ccc2ccccc12. The lowest BCUT2D eigenvalue weighted by Gasteiger charge is -2.14. The van der Waals surface area contributed by atoms with Gasteiger partial charge >= 0.3 is 6.18 Å². The van der Waals surface area contributed by atoms with Gasteiger partial charge in [0, 0.05) is 5.33 Å². The minimum atomic E-state index is -4.32. The Balaban J connectivity index is 2.84. The molecule has 0 aliphatic heterocycles. The van der Waals surface area contributed by atoms with Gasteiger partial charge in [-0.1, -0.05) is 52.3 Å². The van der Waals surface area contributed by atoms with Gasteiger partial charge in [0.1, 0.15) is 0 Å². The van der Waals surface area contributed by atoms with Gasteiger partial charge < -0.3 is 0 Å². The van der Waals surface area contributed by atoms with E-state index in [9.17, 15) is 13.2 Å². The fourth-order valence-electron chi connectivity index (χ4n) is 1.76. The molecule has 0 amide bonds. The highest BCUT2D eigenvalue weighted by Crippen LogP contribution is 2.38. The van der Waals surface area contributed by atoms with Crippen molar-refractivity contribution in [2.24, 2.45) is 0 Å². The summed E-state index contributed by atoms with van der Waals surface area (Å²) in [5, 5.41) is 1.07. The third kappa shape index (κ3) is 1.94. The van der Waals surface area contributed by atoms with Crippen molar-refractivity contribution in [2.75, 3.05) is 0 Å². The summed E-state index contributed by atoms with van der Waals surface area (Å²) >= 11 is 3.09. The Morgan fingerprint density at radius 1 is 1.00 bits per heavy atom. The molecule has 0 saturated heterocycles. The van der Waals surface area contributed by atoms with E-state index < -0.39 is 11.7 Å². The Bertz CT molecular complexity index is 517. The molecule has 2 aromatic rings. The van der Waals surface area contributed by atoms with E-state index >= 15 is 0 Å². The highest BCUT2D eigenvalue weighted by Gasteiger charge is 2.34. The normalized spacial score (nSPS) is 12.0. The second-order valence-electron chi connectivity index (χ2n) is 3.45. The molecule has 2 aromatic carbocycles. The number of hydrogen-bond donors (Lipinski definition) is 0. The maximum atomic E-state index is 12.9. The molecule has 0 heterocycles. The van der Waals surface area contributed by atoms with E-state index in [1.54, 1.807) is 24.3 Å². The Labute approximate surface area is 99.2 Å². The molecule has 0 fully saturated rings. The zero-order chi connectivity index (χ0) is 11.8. The first-order chi connectivity index (χ1) is 7.54. The second kappa shape index (κ2) is 4.09. The van der Waals surface area contributed by atoms with Gasteiger partial charge in [-0.25, -0.2) is 0 Å². The lowest BCUT2D eigenvalue weighted by molar-refractivity contribution is -0.136. The molecule has 0 bridgehead atoms. The minimum absolute atomic E-state index is 0.201. The predicted octanol–water partition coefficient (Wildman–Crippen LogP) is 4.75. The summed E-state index contributed by atoms with van der Waals surface area (Å²) in [7, 11) is 0. The number of hydrogen-bond acceptors (Lipinski definition) is 0. The summed E-state index contributed by atoms with van der Waals surface area (Å²) in [4.78, 5) is 0. The van der Waals surface area contributed by atoms with Gasteiger partial charge in [0.05, 0.1) is 5.56 Å². The van der Waals surface area contributed by atoms with Crippen molar-refractivity contribution < 1.29 is 13.2 Å². The van der Waals surface area contributed by atoms with Crippen LogP contribution in [-0.2, 0) is 11.5 Å². The van der Waals surface area contributed by atoms with Gasteiger partial charge in [-0.05, 0) is 16.3 Å². The maximum Gasteiger partial charge on any atom is 0.417 e. The summed E-state index contributed by atoms with van der Waals surface area (Å²) < 4.78 is 38.8. The molecule has 0 nitrogen and oxygen atoms in total. The molecule has 0 aliphatic rings. The van der Waals surface area contributed by atoms with Crippen LogP contribution in [0.1, 0.15) is 11.1 Å². The van der Waals surface area contributed by atoms with Crippen LogP contribution >= 0.6 is 15.9 Å². The van der Waals surface area contributed by atoms with Gasteiger partial charge in [0.2, 0.25) is 0 Å². The van der Waals surface area contributed by atoms with E-state index in [1.807, 2.05) is 0 Å². The Kier molecular flexibility index (Phi) is 2.93. The number of rotatable bonds is 1. The largest absolute Gasteiger partial charge is 0.417 e. The molecular weight excluding hydrogens is 281 g/mol. The Morgan fingerprint density at radius 2 is 1.69 bits per heavy atom. The monoisotopic (exact) mass is 288 g/mol. The van der Waals surface area contributed by atoms with Crippen LogP contribution in [0, 0.1) is 0 Å². The third-order valence-electron chi connectivity index (χ3n) is 2.44. The van der Waals surface area contributed by atoms with Gasteiger partial charge in [0.25, 0.3) is 0 Å². The van der Waals surface area contributed by atoms with Crippen LogP contribution in [-0.4, -0.2) is 0 Å². The molecule has 0 N–H and O–H groups in total. The van der Waals surface area contributed by atoms with Crippen molar-refractivity contribution in [3.8, 4) is 0 Å². The quantitative estimate of drug-likeness (QED) is 0.664. The van der Waals surface area contributed by atoms with Crippen molar-refractivity contribution in [3.63, 3.8) is 0 Å². The molecule has 0 unspecified atom stereocenters. The molecule has 0 saturated carbocycles. The average Bonchev–Trinajstić information content (AvgIpc) is 2.26. The number of alkyl halides is 4. The molecule has 0 spiro atoms. The number of fused-ring (bicyclic) bond motifs is 1. The van der Waals surface area contributed by atoms with Crippen molar-refractivity contribution in [1.29, 1.82) is 0 Å². The summed E-state index contributed by atoms with van der Waals surface area (Å²) in [6.07, 6.45) is -4.32. The highest BCUT2D eigenvalue weighted by atomic mass is 79.9. The second-order valence-corrected chi connectivity index (χ2v) is 4.01. The molecule has 0 radical (unpaired) electrons. The van der Waals surface area contributed by atoms with Crippen LogP contribution in [0.5, 0.6) is 0 Å². The summed E-state index contributed by atoms with van der Waals surface area (Å²) in [6.45, 7) is 0. The van der Waals surface area contributed by atoms with Gasteiger partial charge in [-0.3, -0.25) is 0 Å². The molecule has 4 heteroatoms. The van der Waals surface area contributed by atoms with E-state index in [4.69, 9.17) is 0 Å². The van der Waals surface area contributed by atoms with E-state index in [0.717, 1.165) is 0 Å². The van der Waals surface area contributed by atoms with Gasteiger partial charge in [-0.2, -0.15) is 13.2 Å². The molecule has 0 aliphatic carbocycles. The standard InChI is InChI=1S/C12H8BrF3/c13-7-9-6-5-8-3-1-2-4-10(8)11(9)12(14,15)16/h1-6H,7H2. The van der Waals surface area contributed by atoms with Crippen LogP contribution in [0.2, 0.25) is 0 Å². The van der Waals surface area contributed by atoms with Crippen LogP contribution in [0.15, 0.2) is 36.4 Å². The zero-order valence-corrected chi connectivity index (χ0v) is 9.77. The lowest BCUT2D eigenvalue weighted by atomic mass is 9.99. The topological polar surface area (TPSA) is 0 Å². The zero-order valence-electron chi connectivity index (χ0n) is 8.18. The van der Waals surface area contributed by atoms with Crippen LogP contribution in [0.25, 0.3) is 10.8 Å². The average molecular weight is 289 g/mol. The van der Waals surface area contributed by atoms with Crippen LogP contribution in [0.3, 0.4) is 0 Å². The first-order valence-electron chi connectivity index (χ1n) is 4.68. The van der Waals surface area contributed by atoms with E-state index in [2.05, 4.69) is 15.9 Å². The summed E-state index contributed by atoms with van der Waals surface area (Å²) in [6, 6.07) is 9.76. The fourth-order valence-corrected chi connectivity index (χ4v) is 2.23.